The number of carbonyl (C=O) groups is 1. The number of carbonyl (C=O) groups excluding carboxylic acids is 1. The van der Waals surface area contributed by atoms with Crippen molar-refractivity contribution in [1.82, 2.24) is 4.90 Å². The van der Waals surface area contributed by atoms with Gasteiger partial charge in [0.25, 0.3) is 0 Å². The number of nitrogens with zero attached hydrogens (tertiary/aromatic N) is 1. The van der Waals surface area contributed by atoms with Crippen LogP contribution in [0.1, 0.15) is 32.4 Å². The lowest BCUT2D eigenvalue weighted by Crippen LogP contribution is -2.43. The third-order valence-corrected chi connectivity index (χ3v) is 3.42. The second-order valence-corrected chi connectivity index (χ2v) is 6.24. The van der Waals surface area contributed by atoms with E-state index in [9.17, 15) is 9.90 Å². The van der Waals surface area contributed by atoms with E-state index >= 15 is 0 Å². The van der Waals surface area contributed by atoms with Crippen LogP contribution >= 0.6 is 0 Å². The first-order chi connectivity index (χ1) is 10.4. The molecule has 0 spiro atoms. The number of benzene rings is 1. The van der Waals surface area contributed by atoms with Gasteiger partial charge in [-0.1, -0.05) is 24.3 Å². The SMILES string of the molecule is COc1ccc([C@H]2C=C[C@@H](CO)N2C(=O)OC(C)(C)C)cc1. The number of hydrogen-bond donors (Lipinski definition) is 1. The molecule has 1 N–H and O–H groups in total. The summed E-state index contributed by atoms with van der Waals surface area (Å²) in [5, 5.41) is 9.51. The van der Waals surface area contributed by atoms with Crippen LogP contribution in [0.3, 0.4) is 0 Å². The van der Waals surface area contributed by atoms with Crippen LogP contribution in [-0.4, -0.2) is 41.5 Å². The summed E-state index contributed by atoms with van der Waals surface area (Å²) in [4.78, 5) is 14.0. The van der Waals surface area contributed by atoms with Crippen molar-refractivity contribution in [2.75, 3.05) is 13.7 Å². The molecule has 1 aromatic rings. The highest BCUT2D eigenvalue weighted by Gasteiger charge is 2.36. The topological polar surface area (TPSA) is 59.0 Å². The first-order valence-electron chi connectivity index (χ1n) is 7.30. The number of ether oxygens (including phenoxy) is 2. The second kappa shape index (κ2) is 6.40. The third kappa shape index (κ3) is 3.60. The Morgan fingerprint density at radius 1 is 1.23 bits per heavy atom. The van der Waals surface area contributed by atoms with Gasteiger partial charge >= 0.3 is 6.09 Å². The van der Waals surface area contributed by atoms with E-state index in [2.05, 4.69) is 0 Å². The van der Waals surface area contributed by atoms with Crippen LogP contribution in [0.5, 0.6) is 5.75 Å². The minimum absolute atomic E-state index is 0.137. The smallest absolute Gasteiger partial charge is 0.411 e. The molecule has 1 amide bonds. The normalized spacial score (nSPS) is 21.0. The molecule has 0 unspecified atom stereocenters. The van der Waals surface area contributed by atoms with E-state index in [1.165, 1.54) is 0 Å². The average Bonchev–Trinajstić information content (AvgIpc) is 2.89. The number of rotatable bonds is 3. The molecule has 120 valence electrons. The van der Waals surface area contributed by atoms with E-state index in [1.54, 1.807) is 12.0 Å². The second-order valence-electron chi connectivity index (χ2n) is 6.24. The van der Waals surface area contributed by atoms with Gasteiger partial charge < -0.3 is 14.6 Å². The zero-order chi connectivity index (χ0) is 16.3. The molecule has 0 aliphatic carbocycles. The predicted octanol–water partition coefficient (Wildman–Crippen LogP) is 2.90. The Bertz CT molecular complexity index is 545. The van der Waals surface area contributed by atoms with Gasteiger partial charge in [-0.2, -0.15) is 0 Å². The van der Waals surface area contributed by atoms with Crippen molar-refractivity contribution in [2.45, 2.75) is 38.5 Å². The maximum atomic E-state index is 12.5. The van der Waals surface area contributed by atoms with Gasteiger partial charge in [0.1, 0.15) is 11.4 Å². The first kappa shape index (κ1) is 16.4. The highest BCUT2D eigenvalue weighted by Crippen LogP contribution is 2.32. The molecule has 22 heavy (non-hydrogen) atoms. The molecule has 0 bridgehead atoms. The van der Waals surface area contributed by atoms with Gasteiger partial charge in [-0.05, 0) is 38.5 Å². The van der Waals surface area contributed by atoms with Gasteiger partial charge in [0.05, 0.1) is 25.8 Å². The zero-order valence-corrected chi connectivity index (χ0v) is 13.4. The molecule has 2 rings (SSSR count). The van der Waals surface area contributed by atoms with E-state index in [4.69, 9.17) is 9.47 Å². The molecule has 0 fully saturated rings. The lowest BCUT2D eigenvalue weighted by molar-refractivity contribution is 0.0114. The summed E-state index contributed by atoms with van der Waals surface area (Å²) in [7, 11) is 1.61. The van der Waals surface area contributed by atoms with Crippen LogP contribution in [0, 0.1) is 0 Å². The zero-order valence-electron chi connectivity index (χ0n) is 13.4. The van der Waals surface area contributed by atoms with Crippen molar-refractivity contribution >= 4 is 6.09 Å². The van der Waals surface area contributed by atoms with E-state index < -0.39 is 11.7 Å². The van der Waals surface area contributed by atoms with Crippen molar-refractivity contribution in [2.24, 2.45) is 0 Å². The summed E-state index contributed by atoms with van der Waals surface area (Å²) in [6.07, 6.45) is 3.31. The fourth-order valence-electron chi connectivity index (χ4n) is 2.41. The summed E-state index contributed by atoms with van der Waals surface area (Å²) in [6.45, 7) is 5.34. The maximum absolute atomic E-state index is 12.5. The molecule has 2 atom stereocenters. The highest BCUT2D eigenvalue weighted by atomic mass is 16.6. The number of amides is 1. The van der Waals surface area contributed by atoms with E-state index in [1.807, 2.05) is 57.2 Å². The summed E-state index contributed by atoms with van der Waals surface area (Å²) < 4.78 is 10.6. The number of aliphatic hydroxyl groups is 1. The predicted molar refractivity (Wildman–Crippen MR) is 83.8 cm³/mol. The fraction of sp³-hybridized carbons (Fsp3) is 0.471. The van der Waals surface area contributed by atoms with E-state index in [0.29, 0.717) is 0 Å². The van der Waals surface area contributed by atoms with Crippen molar-refractivity contribution in [3.05, 3.63) is 42.0 Å². The van der Waals surface area contributed by atoms with E-state index in [0.717, 1.165) is 11.3 Å². The number of aliphatic hydroxyl groups excluding tert-OH is 1. The third-order valence-electron chi connectivity index (χ3n) is 3.42. The van der Waals surface area contributed by atoms with Crippen molar-refractivity contribution < 1.29 is 19.4 Å². The van der Waals surface area contributed by atoms with Gasteiger partial charge in [-0.15, -0.1) is 0 Å². The van der Waals surface area contributed by atoms with Crippen LogP contribution < -0.4 is 4.74 Å². The average molecular weight is 305 g/mol. The molecule has 0 saturated heterocycles. The van der Waals surface area contributed by atoms with Crippen LogP contribution in [0.15, 0.2) is 36.4 Å². The molecule has 1 heterocycles. The number of hydrogen-bond acceptors (Lipinski definition) is 4. The van der Waals surface area contributed by atoms with Crippen molar-refractivity contribution in [1.29, 1.82) is 0 Å². The summed E-state index contributed by atoms with van der Waals surface area (Å²) in [5.74, 6) is 0.758. The Hall–Kier alpha value is -2.01. The standard InChI is InChI=1S/C17H23NO4/c1-17(2,3)22-16(20)18-13(11-19)7-10-15(18)12-5-8-14(21-4)9-6-12/h5-10,13,15,19H,11H2,1-4H3/t13-,15+/m0/s1. The molecule has 5 heteroatoms. The van der Waals surface area contributed by atoms with Crippen LogP contribution in [-0.2, 0) is 4.74 Å². The Morgan fingerprint density at radius 2 is 1.86 bits per heavy atom. The Labute approximate surface area is 131 Å². The van der Waals surface area contributed by atoms with Crippen LogP contribution in [0.2, 0.25) is 0 Å². The van der Waals surface area contributed by atoms with Gasteiger partial charge in [0.15, 0.2) is 0 Å². The molecule has 1 aliphatic heterocycles. The van der Waals surface area contributed by atoms with Crippen molar-refractivity contribution in [3.63, 3.8) is 0 Å². The Morgan fingerprint density at radius 3 is 2.36 bits per heavy atom. The van der Waals surface area contributed by atoms with E-state index in [-0.39, 0.29) is 18.7 Å². The molecule has 0 aromatic heterocycles. The Kier molecular flexibility index (Phi) is 4.76. The quantitative estimate of drug-likeness (QED) is 0.872. The van der Waals surface area contributed by atoms with Crippen LogP contribution in [0.4, 0.5) is 4.79 Å². The molecular formula is C17H23NO4. The van der Waals surface area contributed by atoms with Gasteiger partial charge in [-0.3, -0.25) is 4.90 Å². The molecule has 0 saturated carbocycles. The largest absolute Gasteiger partial charge is 0.497 e. The molecule has 1 aliphatic rings. The lowest BCUT2D eigenvalue weighted by atomic mass is 10.1. The highest BCUT2D eigenvalue weighted by molar-refractivity contribution is 5.71. The molecule has 0 radical (unpaired) electrons. The fourth-order valence-corrected chi connectivity index (χ4v) is 2.41. The van der Waals surface area contributed by atoms with Gasteiger partial charge in [-0.25, -0.2) is 4.79 Å². The lowest BCUT2D eigenvalue weighted by Gasteiger charge is -2.32. The Balaban J connectivity index is 2.24. The molecule has 5 nitrogen and oxygen atoms in total. The molecule has 1 aromatic carbocycles. The molecular weight excluding hydrogens is 282 g/mol. The first-order valence-corrected chi connectivity index (χ1v) is 7.30. The van der Waals surface area contributed by atoms with Crippen molar-refractivity contribution in [3.8, 4) is 5.75 Å². The monoisotopic (exact) mass is 305 g/mol. The van der Waals surface area contributed by atoms with Crippen LogP contribution in [0.25, 0.3) is 0 Å². The maximum Gasteiger partial charge on any atom is 0.411 e. The van der Waals surface area contributed by atoms with Gasteiger partial charge in [0, 0.05) is 0 Å². The minimum Gasteiger partial charge on any atom is -0.497 e. The number of methoxy groups -OCH3 is 1. The summed E-state index contributed by atoms with van der Waals surface area (Å²) in [5.41, 5.74) is 0.364. The summed E-state index contributed by atoms with van der Waals surface area (Å²) in [6, 6.07) is 6.89. The van der Waals surface area contributed by atoms with Gasteiger partial charge in [0.2, 0.25) is 0 Å². The minimum atomic E-state index is -0.579. The summed E-state index contributed by atoms with van der Waals surface area (Å²) >= 11 is 0.